The van der Waals surface area contributed by atoms with Crippen molar-refractivity contribution >= 4 is 23.2 Å². The van der Waals surface area contributed by atoms with Crippen molar-refractivity contribution in [3.8, 4) is 0 Å². The van der Waals surface area contributed by atoms with Gasteiger partial charge in [-0.05, 0) is 66.1 Å². The van der Waals surface area contributed by atoms with Crippen LogP contribution >= 0.6 is 11.6 Å². The van der Waals surface area contributed by atoms with Gasteiger partial charge in [-0.3, -0.25) is 4.79 Å². The third-order valence-electron chi connectivity index (χ3n) is 5.79. The van der Waals surface area contributed by atoms with E-state index in [1.54, 1.807) is 0 Å². The van der Waals surface area contributed by atoms with Gasteiger partial charge in [0.05, 0.1) is 12.1 Å². The van der Waals surface area contributed by atoms with Gasteiger partial charge in [-0.2, -0.15) is 0 Å². The maximum atomic E-state index is 12.9. The van der Waals surface area contributed by atoms with Crippen LogP contribution in [0.3, 0.4) is 0 Å². The highest BCUT2D eigenvalue weighted by atomic mass is 35.5. The molecule has 3 aromatic carbocycles. The first-order valence-corrected chi connectivity index (χ1v) is 11.1. The minimum Gasteiger partial charge on any atom is -0.385 e. The van der Waals surface area contributed by atoms with Crippen LogP contribution in [0.2, 0.25) is 5.02 Å². The summed E-state index contributed by atoms with van der Waals surface area (Å²) in [5.74, 6) is -0.150. The van der Waals surface area contributed by atoms with Crippen LogP contribution < -0.4 is 16.4 Å². The standard InChI is InChI=1S/C26H28ClN3O/c1-17-7-9-20(22(27)13-17)16-23(28)26(31)30-25-11-12-29-24-10-8-19(15-21(24)25)14-18-5-3-2-4-6-18/h2-10,13,15,23,25,29H,11-12,14,16,28H2,1H3,(H,30,31). The molecule has 3 aromatic rings. The van der Waals surface area contributed by atoms with Crippen LogP contribution in [-0.4, -0.2) is 18.5 Å². The lowest BCUT2D eigenvalue weighted by molar-refractivity contribution is -0.123. The summed E-state index contributed by atoms with van der Waals surface area (Å²) in [7, 11) is 0. The van der Waals surface area contributed by atoms with E-state index in [1.165, 1.54) is 11.1 Å². The van der Waals surface area contributed by atoms with E-state index in [4.69, 9.17) is 17.3 Å². The predicted molar refractivity (Wildman–Crippen MR) is 128 cm³/mol. The van der Waals surface area contributed by atoms with E-state index >= 15 is 0 Å². The van der Waals surface area contributed by atoms with Crippen molar-refractivity contribution < 1.29 is 4.79 Å². The third kappa shape index (κ3) is 5.27. The Balaban J connectivity index is 1.46. The lowest BCUT2D eigenvalue weighted by Crippen LogP contribution is -2.44. The van der Waals surface area contributed by atoms with E-state index in [-0.39, 0.29) is 11.9 Å². The van der Waals surface area contributed by atoms with E-state index in [2.05, 4.69) is 53.1 Å². The maximum absolute atomic E-state index is 12.9. The monoisotopic (exact) mass is 433 g/mol. The van der Waals surface area contributed by atoms with Crippen LogP contribution in [0.4, 0.5) is 5.69 Å². The summed E-state index contributed by atoms with van der Waals surface area (Å²) >= 11 is 6.33. The molecular weight excluding hydrogens is 406 g/mol. The zero-order chi connectivity index (χ0) is 21.8. The molecule has 1 aliphatic heterocycles. The number of hydrogen-bond donors (Lipinski definition) is 3. The number of rotatable bonds is 6. The van der Waals surface area contributed by atoms with Crippen molar-refractivity contribution in [3.63, 3.8) is 0 Å². The summed E-state index contributed by atoms with van der Waals surface area (Å²) < 4.78 is 0. The molecule has 160 valence electrons. The molecule has 4 N–H and O–H groups in total. The number of amides is 1. The van der Waals surface area contributed by atoms with Crippen LogP contribution in [0.15, 0.2) is 66.7 Å². The summed E-state index contributed by atoms with van der Waals surface area (Å²) in [5, 5.41) is 7.26. The zero-order valence-corrected chi connectivity index (χ0v) is 18.5. The highest BCUT2D eigenvalue weighted by Gasteiger charge is 2.25. The number of nitrogens with two attached hydrogens (primary N) is 1. The van der Waals surface area contributed by atoms with Gasteiger partial charge in [-0.15, -0.1) is 0 Å². The fourth-order valence-electron chi connectivity index (χ4n) is 4.09. The zero-order valence-electron chi connectivity index (χ0n) is 17.7. The number of fused-ring (bicyclic) bond motifs is 1. The van der Waals surface area contributed by atoms with Crippen molar-refractivity contribution in [2.45, 2.75) is 38.3 Å². The molecule has 1 aliphatic rings. The van der Waals surface area contributed by atoms with E-state index < -0.39 is 6.04 Å². The summed E-state index contributed by atoms with van der Waals surface area (Å²) in [5.41, 5.74) is 12.9. The molecule has 5 heteroatoms. The summed E-state index contributed by atoms with van der Waals surface area (Å²) in [6.45, 7) is 2.80. The summed E-state index contributed by atoms with van der Waals surface area (Å²) in [6, 6.07) is 22.0. The van der Waals surface area contributed by atoms with Crippen molar-refractivity contribution in [3.05, 3.63) is 99.6 Å². The number of carbonyl (C=O) groups is 1. The van der Waals surface area contributed by atoms with E-state index in [1.807, 2.05) is 31.2 Å². The first-order chi connectivity index (χ1) is 15.0. The van der Waals surface area contributed by atoms with Gasteiger partial charge in [0.25, 0.3) is 0 Å². The van der Waals surface area contributed by atoms with Gasteiger partial charge in [-0.25, -0.2) is 0 Å². The van der Waals surface area contributed by atoms with E-state index in [9.17, 15) is 4.79 Å². The van der Waals surface area contributed by atoms with Crippen LogP contribution in [0.25, 0.3) is 0 Å². The minimum atomic E-state index is -0.647. The van der Waals surface area contributed by atoms with Crippen molar-refractivity contribution in [2.75, 3.05) is 11.9 Å². The van der Waals surface area contributed by atoms with Gasteiger partial charge in [0, 0.05) is 17.3 Å². The smallest absolute Gasteiger partial charge is 0.237 e. The molecule has 0 aromatic heterocycles. The van der Waals surface area contributed by atoms with Crippen LogP contribution in [0.1, 0.15) is 40.3 Å². The Kier molecular flexibility index (Phi) is 6.59. The fourth-order valence-corrected chi connectivity index (χ4v) is 4.40. The third-order valence-corrected chi connectivity index (χ3v) is 6.14. The second-order valence-corrected chi connectivity index (χ2v) is 8.67. The van der Waals surface area contributed by atoms with Crippen molar-refractivity contribution in [1.29, 1.82) is 0 Å². The quantitative estimate of drug-likeness (QED) is 0.524. The van der Waals surface area contributed by atoms with Crippen molar-refractivity contribution in [1.82, 2.24) is 5.32 Å². The van der Waals surface area contributed by atoms with Gasteiger partial charge in [0.1, 0.15) is 0 Å². The van der Waals surface area contributed by atoms with Gasteiger partial charge in [-0.1, -0.05) is 66.2 Å². The highest BCUT2D eigenvalue weighted by Crippen LogP contribution is 2.31. The Morgan fingerprint density at radius 3 is 2.71 bits per heavy atom. The first-order valence-electron chi connectivity index (χ1n) is 10.7. The first kappa shape index (κ1) is 21.4. The summed E-state index contributed by atoms with van der Waals surface area (Å²) in [6.07, 6.45) is 2.10. The molecule has 4 rings (SSSR count). The topological polar surface area (TPSA) is 67.2 Å². The second kappa shape index (κ2) is 9.54. The van der Waals surface area contributed by atoms with Crippen LogP contribution in [0.5, 0.6) is 0 Å². The average Bonchev–Trinajstić information content (AvgIpc) is 2.76. The average molecular weight is 434 g/mol. The Morgan fingerprint density at radius 1 is 1.13 bits per heavy atom. The van der Waals surface area contributed by atoms with Gasteiger partial charge in [0.15, 0.2) is 0 Å². The normalized spacial score (nSPS) is 16.2. The highest BCUT2D eigenvalue weighted by molar-refractivity contribution is 6.31. The van der Waals surface area contributed by atoms with E-state index in [0.29, 0.717) is 11.4 Å². The SMILES string of the molecule is Cc1ccc(CC(N)C(=O)NC2CCNc3ccc(Cc4ccccc4)cc32)c(Cl)c1. The molecule has 2 atom stereocenters. The number of carbonyl (C=O) groups excluding carboxylic acids is 1. The molecule has 1 heterocycles. The molecule has 4 nitrogen and oxygen atoms in total. The molecule has 0 bridgehead atoms. The number of aryl methyl sites for hydroxylation is 1. The molecule has 0 saturated carbocycles. The molecule has 0 fully saturated rings. The Labute approximate surface area is 188 Å². The Bertz CT molecular complexity index is 1070. The molecule has 0 radical (unpaired) electrons. The second-order valence-electron chi connectivity index (χ2n) is 8.27. The lowest BCUT2D eigenvalue weighted by atomic mass is 9.93. The van der Waals surface area contributed by atoms with Gasteiger partial charge < -0.3 is 16.4 Å². The Hall–Kier alpha value is -2.82. The van der Waals surface area contributed by atoms with E-state index in [0.717, 1.165) is 41.8 Å². The lowest BCUT2D eigenvalue weighted by Gasteiger charge is -2.29. The number of hydrogen-bond acceptors (Lipinski definition) is 3. The number of anilines is 1. The number of halogens is 1. The van der Waals surface area contributed by atoms with Gasteiger partial charge >= 0.3 is 0 Å². The van der Waals surface area contributed by atoms with Gasteiger partial charge in [0.2, 0.25) is 5.91 Å². The predicted octanol–water partition coefficient (Wildman–Crippen LogP) is 4.78. The molecule has 0 saturated heterocycles. The van der Waals surface area contributed by atoms with Crippen LogP contribution in [0, 0.1) is 6.92 Å². The van der Waals surface area contributed by atoms with Crippen LogP contribution in [-0.2, 0) is 17.6 Å². The molecular formula is C26H28ClN3O. The number of benzene rings is 3. The largest absolute Gasteiger partial charge is 0.385 e. The number of nitrogens with one attached hydrogen (secondary N) is 2. The fraction of sp³-hybridized carbons (Fsp3) is 0.269. The minimum absolute atomic E-state index is 0.0565. The molecule has 2 unspecified atom stereocenters. The molecule has 0 spiro atoms. The maximum Gasteiger partial charge on any atom is 0.237 e. The molecule has 31 heavy (non-hydrogen) atoms. The molecule has 1 amide bonds. The summed E-state index contributed by atoms with van der Waals surface area (Å²) in [4.78, 5) is 12.9. The van der Waals surface area contributed by atoms with Crippen molar-refractivity contribution in [2.24, 2.45) is 5.73 Å². The molecule has 0 aliphatic carbocycles. The Morgan fingerprint density at radius 2 is 1.94 bits per heavy atom.